The van der Waals surface area contributed by atoms with Gasteiger partial charge in [-0.15, -0.1) is 0 Å². The van der Waals surface area contributed by atoms with Gasteiger partial charge < -0.3 is 24.9 Å². The van der Waals surface area contributed by atoms with Crippen molar-refractivity contribution in [2.24, 2.45) is 0 Å². The van der Waals surface area contributed by atoms with E-state index in [4.69, 9.17) is 4.74 Å². The summed E-state index contributed by atoms with van der Waals surface area (Å²) in [6.45, 7) is 7.39. The first-order valence-corrected chi connectivity index (χ1v) is 11.1. The predicted octanol–water partition coefficient (Wildman–Crippen LogP) is 2.49. The fraction of sp³-hybridized carbons (Fsp3) is 0.375. The van der Waals surface area contributed by atoms with Gasteiger partial charge in [0.25, 0.3) is 0 Å². The lowest BCUT2D eigenvalue weighted by molar-refractivity contribution is -0.132. The molecule has 1 saturated heterocycles. The zero-order valence-electron chi connectivity index (χ0n) is 19.1. The molecule has 0 unspecified atom stereocenters. The van der Waals surface area contributed by atoms with Crippen molar-refractivity contribution >= 4 is 28.5 Å². The topological polar surface area (TPSA) is 111 Å². The van der Waals surface area contributed by atoms with Crippen molar-refractivity contribution < 1.29 is 14.3 Å². The van der Waals surface area contributed by atoms with E-state index in [0.717, 1.165) is 11.3 Å². The van der Waals surface area contributed by atoms with Gasteiger partial charge >= 0.3 is 5.69 Å². The van der Waals surface area contributed by atoms with E-state index in [2.05, 4.69) is 20.2 Å². The van der Waals surface area contributed by atoms with E-state index < -0.39 is 0 Å². The van der Waals surface area contributed by atoms with Crippen LogP contribution in [0, 0.1) is 0 Å². The highest BCUT2D eigenvalue weighted by Gasteiger charge is 2.30. The van der Waals surface area contributed by atoms with Crippen molar-refractivity contribution in [1.82, 2.24) is 19.8 Å². The number of ether oxygens (including phenoxy) is 1. The third-order valence-electron chi connectivity index (χ3n) is 5.72. The Hall–Kier alpha value is -3.59. The molecule has 9 heteroatoms. The minimum Gasteiger partial charge on any atom is -0.491 e. The third kappa shape index (κ3) is 5.43. The summed E-state index contributed by atoms with van der Waals surface area (Å²) in [5.41, 5.74) is 2.66. The third-order valence-corrected chi connectivity index (χ3v) is 5.72. The molecule has 0 spiro atoms. The summed E-state index contributed by atoms with van der Waals surface area (Å²) in [5, 5.41) is 2.91. The number of hydrogen-bond donors (Lipinski definition) is 3. The molecule has 2 aromatic carbocycles. The second-order valence-electron chi connectivity index (χ2n) is 8.57. The van der Waals surface area contributed by atoms with Crippen LogP contribution >= 0.6 is 0 Å². The molecule has 1 aliphatic heterocycles. The normalized spacial score (nSPS) is 16.8. The quantitative estimate of drug-likeness (QED) is 0.533. The SMILES string of the molecule is CC(=O)N1CCN(CC(=O)Nc2ccc3[nH]c(=O)[nH]c3c2)[C@H](c2ccc(OC(C)C)cc2)C1. The Kier molecular flexibility index (Phi) is 6.50. The minimum atomic E-state index is -0.288. The van der Waals surface area contributed by atoms with Gasteiger partial charge in [-0.1, -0.05) is 12.1 Å². The zero-order chi connectivity index (χ0) is 23.5. The number of fused-ring (bicyclic) bond motifs is 1. The summed E-state index contributed by atoms with van der Waals surface area (Å²) in [5.74, 6) is 0.654. The van der Waals surface area contributed by atoms with Crippen molar-refractivity contribution in [1.29, 1.82) is 0 Å². The largest absolute Gasteiger partial charge is 0.491 e. The van der Waals surface area contributed by atoms with Gasteiger partial charge in [0.15, 0.2) is 0 Å². The summed E-state index contributed by atoms with van der Waals surface area (Å²) in [4.78, 5) is 45.6. The molecule has 174 valence electrons. The van der Waals surface area contributed by atoms with Gasteiger partial charge in [-0.25, -0.2) is 4.79 Å². The number of carbonyl (C=O) groups excluding carboxylic acids is 2. The maximum absolute atomic E-state index is 12.9. The van der Waals surface area contributed by atoms with Gasteiger partial charge in [0.2, 0.25) is 11.8 Å². The number of H-pyrrole nitrogens is 2. The van der Waals surface area contributed by atoms with Crippen molar-refractivity contribution in [2.75, 3.05) is 31.5 Å². The number of hydrogen-bond acceptors (Lipinski definition) is 5. The van der Waals surface area contributed by atoms with Gasteiger partial charge in [-0.2, -0.15) is 0 Å². The number of amides is 2. The lowest BCUT2D eigenvalue weighted by atomic mass is 10.0. The molecule has 4 rings (SSSR count). The first-order chi connectivity index (χ1) is 15.8. The fourth-order valence-electron chi connectivity index (χ4n) is 4.15. The molecule has 0 radical (unpaired) electrons. The number of aromatic nitrogens is 2. The van der Waals surface area contributed by atoms with E-state index in [0.29, 0.717) is 36.4 Å². The van der Waals surface area contributed by atoms with Crippen LogP contribution in [0.1, 0.15) is 32.4 Å². The molecule has 1 atom stereocenters. The molecule has 3 aromatic rings. The Labute approximate surface area is 191 Å². The van der Waals surface area contributed by atoms with Crippen LogP contribution < -0.4 is 15.7 Å². The summed E-state index contributed by atoms with van der Waals surface area (Å²) in [7, 11) is 0. The number of imidazole rings is 1. The molecule has 0 aliphatic carbocycles. The van der Waals surface area contributed by atoms with Crippen LogP contribution in [0.15, 0.2) is 47.3 Å². The molecule has 1 fully saturated rings. The second kappa shape index (κ2) is 9.50. The van der Waals surface area contributed by atoms with Crippen LogP contribution in [0.4, 0.5) is 5.69 Å². The van der Waals surface area contributed by atoms with Crippen molar-refractivity contribution in [3.8, 4) is 5.75 Å². The molecule has 0 bridgehead atoms. The summed E-state index contributed by atoms with van der Waals surface area (Å²) < 4.78 is 5.74. The average molecular weight is 452 g/mol. The number of rotatable bonds is 6. The van der Waals surface area contributed by atoms with Gasteiger partial charge in [0, 0.05) is 32.2 Å². The molecule has 1 aliphatic rings. The molecule has 0 saturated carbocycles. The summed E-state index contributed by atoms with van der Waals surface area (Å²) in [6, 6.07) is 13.0. The van der Waals surface area contributed by atoms with Crippen molar-refractivity contribution in [3.05, 3.63) is 58.5 Å². The highest BCUT2D eigenvalue weighted by Crippen LogP contribution is 2.27. The fourth-order valence-corrected chi connectivity index (χ4v) is 4.15. The lowest BCUT2D eigenvalue weighted by Crippen LogP contribution is -2.51. The smallest absolute Gasteiger partial charge is 0.323 e. The predicted molar refractivity (Wildman–Crippen MR) is 126 cm³/mol. The molecule has 33 heavy (non-hydrogen) atoms. The monoisotopic (exact) mass is 451 g/mol. The highest BCUT2D eigenvalue weighted by molar-refractivity contribution is 5.94. The van der Waals surface area contributed by atoms with Gasteiger partial charge in [-0.3, -0.25) is 14.5 Å². The first kappa shape index (κ1) is 22.6. The molecule has 9 nitrogen and oxygen atoms in total. The van der Waals surface area contributed by atoms with Crippen molar-refractivity contribution in [2.45, 2.75) is 32.9 Å². The van der Waals surface area contributed by atoms with Crippen molar-refractivity contribution in [3.63, 3.8) is 0 Å². The van der Waals surface area contributed by atoms with Crippen LogP contribution in [0.3, 0.4) is 0 Å². The van der Waals surface area contributed by atoms with E-state index in [9.17, 15) is 14.4 Å². The number of benzene rings is 2. The number of piperazine rings is 1. The van der Waals surface area contributed by atoms with Crippen LogP contribution in [0.25, 0.3) is 11.0 Å². The highest BCUT2D eigenvalue weighted by atomic mass is 16.5. The van der Waals surface area contributed by atoms with E-state index >= 15 is 0 Å². The summed E-state index contributed by atoms with van der Waals surface area (Å²) in [6.07, 6.45) is 0.0854. The minimum absolute atomic E-state index is 0.0256. The summed E-state index contributed by atoms with van der Waals surface area (Å²) >= 11 is 0. The molecular weight excluding hydrogens is 422 g/mol. The Morgan fingerprint density at radius 1 is 1.09 bits per heavy atom. The van der Waals surface area contributed by atoms with Crippen LogP contribution in [-0.4, -0.2) is 63.9 Å². The van der Waals surface area contributed by atoms with Gasteiger partial charge in [-0.05, 0) is 49.7 Å². The molecule has 1 aromatic heterocycles. The van der Waals surface area contributed by atoms with E-state index in [1.165, 1.54) is 0 Å². The molecule has 2 heterocycles. The lowest BCUT2D eigenvalue weighted by Gasteiger charge is -2.41. The van der Waals surface area contributed by atoms with E-state index in [1.807, 2.05) is 43.0 Å². The van der Waals surface area contributed by atoms with Crippen LogP contribution in [0.2, 0.25) is 0 Å². The maximum Gasteiger partial charge on any atom is 0.323 e. The van der Waals surface area contributed by atoms with E-state index in [1.54, 1.807) is 25.1 Å². The number of anilines is 1. The average Bonchev–Trinajstić information content (AvgIpc) is 3.13. The van der Waals surface area contributed by atoms with Gasteiger partial charge in [0.1, 0.15) is 5.75 Å². The van der Waals surface area contributed by atoms with Crippen LogP contribution in [0.5, 0.6) is 5.75 Å². The van der Waals surface area contributed by atoms with E-state index in [-0.39, 0.29) is 36.2 Å². The Bertz CT molecular complexity index is 1200. The Morgan fingerprint density at radius 2 is 1.82 bits per heavy atom. The standard InChI is InChI=1S/C24H29N5O4/c1-15(2)33-19-7-4-17(5-8-19)22-13-28(16(3)30)10-11-29(22)14-23(31)25-18-6-9-20-21(12-18)27-24(32)26-20/h4-9,12,15,22H,10-11,13-14H2,1-3H3,(H,25,31)(H2,26,27,32)/t22-/m0/s1. The van der Waals surface area contributed by atoms with Crippen LogP contribution in [-0.2, 0) is 9.59 Å². The van der Waals surface area contributed by atoms with Gasteiger partial charge in [0.05, 0.1) is 29.7 Å². The molecule has 3 N–H and O–H groups in total. The number of carbonyl (C=O) groups is 2. The zero-order valence-corrected chi connectivity index (χ0v) is 19.1. The number of aromatic amines is 2. The Balaban J connectivity index is 1.48. The number of nitrogens with zero attached hydrogens (tertiary/aromatic N) is 2. The molecule has 2 amide bonds. The first-order valence-electron chi connectivity index (χ1n) is 11.1. The Morgan fingerprint density at radius 3 is 2.52 bits per heavy atom. The number of nitrogens with one attached hydrogen (secondary N) is 3. The second-order valence-corrected chi connectivity index (χ2v) is 8.57. The molecular formula is C24H29N5O4. The maximum atomic E-state index is 12.9.